The molecule has 0 spiro atoms. The molecule has 0 radical (unpaired) electrons. The summed E-state index contributed by atoms with van der Waals surface area (Å²) in [7, 11) is -3.66. The van der Waals surface area contributed by atoms with Gasteiger partial charge in [0, 0.05) is 24.9 Å². The minimum Gasteiger partial charge on any atom is -0.387 e. The number of aliphatic hydroxyl groups excluding tert-OH is 1. The molecule has 27 heavy (non-hydrogen) atoms. The van der Waals surface area contributed by atoms with E-state index in [2.05, 4.69) is 10.0 Å². The van der Waals surface area contributed by atoms with Gasteiger partial charge in [-0.3, -0.25) is 4.79 Å². The highest BCUT2D eigenvalue weighted by molar-refractivity contribution is 7.92. The van der Waals surface area contributed by atoms with E-state index in [0.717, 1.165) is 11.0 Å². The Morgan fingerprint density at radius 2 is 1.89 bits per heavy atom. The number of halogens is 1. The molecule has 0 aliphatic carbocycles. The lowest BCUT2D eigenvalue weighted by Crippen LogP contribution is -2.32. The van der Waals surface area contributed by atoms with Crippen molar-refractivity contribution < 1.29 is 22.7 Å². The summed E-state index contributed by atoms with van der Waals surface area (Å²) >= 11 is 0. The van der Waals surface area contributed by atoms with Crippen LogP contribution in [0.15, 0.2) is 60.0 Å². The van der Waals surface area contributed by atoms with E-state index in [1.807, 2.05) is 6.07 Å². The maximum absolute atomic E-state index is 13.1. The molecular formula is C19H21FN2O4S. The van der Waals surface area contributed by atoms with Gasteiger partial charge in [0.15, 0.2) is 0 Å². The SMILES string of the molecule is O=C(CCNS(=O)(=O)/C=C/c1ccccc1)NCC(O)c1cccc(F)c1. The van der Waals surface area contributed by atoms with Crippen LogP contribution in [0.25, 0.3) is 6.08 Å². The Morgan fingerprint density at radius 3 is 2.59 bits per heavy atom. The number of carbonyl (C=O) groups is 1. The van der Waals surface area contributed by atoms with Crippen LogP contribution >= 0.6 is 0 Å². The minimum absolute atomic E-state index is 0.0800. The summed E-state index contributed by atoms with van der Waals surface area (Å²) in [5.41, 5.74) is 1.09. The van der Waals surface area contributed by atoms with Gasteiger partial charge in [-0.25, -0.2) is 17.5 Å². The Labute approximate surface area is 157 Å². The fourth-order valence-electron chi connectivity index (χ4n) is 2.22. The molecule has 0 aliphatic rings. The lowest BCUT2D eigenvalue weighted by Gasteiger charge is -2.12. The van der Waals surface area contributed by atoms with E-state index in [4.69, 9.17) is 0 Å². The second-order valence-electron chi connectivity index (χ2n) is 5.78. The molecule has 2 aromatic rings. The van der Waals surface area contributed by atoms with Gasteiger partial charge >= 0.3 is 0 Å². The van der Waals surface area contributed by atoms with Crippen LogP contribution in [-0.2, 0) is 14.8 Å². The number of aliphatic hydroxyl groups is 1. The summed E-state index contributed by atoms with van der Waals surface area (Å²) in [6.45, 7) is -0.174. The lowest BCUT2D eigenvalue weighted by atomic mass is 10.1. The first-order valence-electron chi connectivity index (χ1n) is 8.29. The van der Waals surface area contributed by atoms with Gasteiger partial charge in [0.1, 0.15) is 5.82 Å². The summed E-state index contributed by atoms with van der Waals surface area (Å²) < 4.78 is 39.1. The van der Waals surface area contributed by atoms with Crippen molar-refractivity contribution in [2.75, 3.05) is 13.1 Å². The number of rotatable bonds is 9. The smallest absolute Gasteiger partial charge is 0.233 e. The molecule has 0 bridgehead atoms. The van der Waals surface area contributed by atoms with Crippen LogP contribution in [0.5, 0.6) is 0 Å². The quantitative estimate of drug-likeness (QED) is 0.608. The van der Waals surface area contributed by atoms with Crippen molar-refractivity contribution in [3.8, 4) is 0 Å². The largest absolute Gasteiger partial charge is 0.387 e. The molecule has 0 aliphatic heterocycles. The molecule has 0 saturated heterocycles. The number of sulfonamides is 1. The number of hydrogen-bond acceptors (Lipinski definition) is 4. The zero-order valence-electron chi connectivity index (χ0n) is 14.5. The molecule has 1 unspecified atom stereocenters. The molecule has 0 fully saturated rings. The van der Waals surface area contributed by atoms with Crippen LogP contribution in [0.2, 0.25) is 0 Å². The predicted molar refractivity (Wildman–Crippen MR) is 101 cm³/mol. The molecule has 6 nitrogen and oxygen atoms in total. The average molecular weight is 392 g/mol. The molecule has 3 N–H and O–H groups in total. The van der Waals surface area contributed by atoms with Crippen molar-refractivity contribution in [1.29, 1.82) is 0 Å². The Morgan fingerprint density at radius 1 is 1.15 bits per heavy atom. The number of nitrogens with one attached hydrogen (secondary N) is 2. The van der Waals surface area contributed by atoms with Crippen LogP contribution in [0.1, 0.15) is 23.7 Å². The molecule has 2 rings (SSSR count). The average Bonchev–Trinajstić information content (AvgIpc) is 2.65. The monoisotopic (exact) mass is 392 g/mol. The first-order valence-corrected chi connectivity index (χ1v) is 9.83. The zero-order chi connectivity index (χ0) is 19.7. The Kier molecular flexibility index (Phi) is 7.66. The van der Waals surface area contributed by atoms with Gasteiger partial charge in [-0.1, -0.05) is 42.5 Å². The van der Waals surface area contributed by atoms with Gasteiger partial charge in [0.2, 0.25) is 15.9 Å². The summed E-state index contributed by atoms with van der Waals surface area (Å²) in [6, 6.07) is 14.4. The van der Waals surface area contributed by atoms with Crippen molar-refractivity contribution >= 4 is 22.0 Å². The van der Waals surface area contributed by atoms with Gasteiger partial charge < -0.3 is 10.4 Å². The maximum atomic E-state index is 13.1. The zero-order valence-corrected chi connectivity index (χ0v) is 15.3. The van der Waals surface area contributed by atoms with E-state index in [0.29, 0.717) is 5.56 Å². The third-order valence-corrected chi connectivity index (χ3v) is 4.72. The number of benzene rings is 2. The number of amides is 1. The molecule has 1 atom stereocenters. The fourth-order valence-corrected chi connectivity index (χ4v) is 3.04. The third kappa shape index (κ3) is 7.69. The van der Waals surface area contributed by atoms with Crippen molar-refractivity contribution in [3.63, 3.8) is 0 Å². The first kappa shape index (κ1) is 20.8. The summed E-state index contributed by atoms with van der Waals surface area (Å²) in [5, 5.41) is 13.4. The van der Waals surface area contributed by atoms with Crippen LogP contribution in [0.4, 0.5) is 4.39 Å². The van der Waals surface area contributed by atoms with E-state index in [-0.39, 0.29) is 19.5 Å². The predicted octanol–water partition coefficient (Wildman–Crippen LogP) is 1.96. The Balaban J connectivity index is 1.73. The van der Waals surface area contributed by atoms with Crippen molar-refractivity contribution in [1.82, 2.24) is 10.0 Å². The van der Waals surface area contributed by atoms with Gasteiger partial charge in [-0.2, -0.15) is 0 Å². The van der Waals surface area contributed by atoms with Crippen LogP contribution in [-0.4, -0.2) is 32.5 Å². The standard InChI is InChI=1S/C19H21FN2O4S/c20-17-8-4-7-16(13-17)18(23)14-21-19(24)9-11-22-27(25,26)12-10-15-5-2-1-3-6-15/h1-8,10,12-13,18,22-23H,9,11,14H2,(H,21,24)/b12-10+. The fraction of sp³-hybridized carbons (Fsp3) is 0.211. The minimum atomic E-state index is -3.66. The van der Waals surface area contributed by atoms with E-state index in [9.17, 15) is 22.7 Å². The topological polar surface area (TPSA) is 95.5 Å². The van der Waals surface area contributed by atoms with Gasteiger partial charge in [0.05, 0.1) is 6.10 Å². The molecular weight excluding hydrogens is 371 g/mol. The van der Waals surface area contributed by atoms with Crippen molar-refractivity contribution in [2.24, 2.45) is 0 Å². The number of hydrogen-bond donors (Lipinski definition) is 3. The van der Waals surface area contributed by atoms with Crippen LogP contribution in [0, 0.1) is 5.82 Å². The van der Waals surface area contributed by atoms with Gasteiger partial charge in [-0.15, -0.1) is 0 Å². The second-order valence-corrected chi connectivity index (χ2v) is 7.43. The van der Waals surface area contributed by atoms with Crippen molar-refractivity contribution in [3.05, 3.63) is 76.9 Å². The van der Waals surface area contributed by atoms with Gasteiger partial charge in [-0.05, 0) is 29.3 Å². The summed E-state index contributed by atoms with van der Waals surface area (Å²) in [5.74, 6) is -0.906. The van der Waals surface area contributed by atoms with E-state index < -0.39 is 27.9 Å². The third-order valence-electron chi connectivity index (χ3n) is 3.62. The Hall–Kier alpha value is -2.55. The maximum Gasteiger partial charge on any atom is 0.233 e. The molecule has 2 aromatic carbocycles. The highest BCUT2D eigenvalue weighted by Gasteiger charge is 2.11. The number of carbonyl (C=O) groups excluding carboxylic acids is 1. The van der Waals surface area contributed by atoms with E-state index >= 15 is 0 Å². The molecule has 1 amide bonds. The highest BCUT2D eigenvalue weighted by Crippen LogP contribution is 2.12. The van der Waals surface area contributed by atoms with Gasteiger partial charge in [0.25, 0.3) is 0 Å². The van der Waals surface area contributed by atoms with Crippen LogP contribution in [0.3, 0.4) is 0 Å². The van der Waals surface area contributed by atoms with E-state index in [1.165, 1.54) is 24.3 Å². The molecule has 0 aromatic heterocycles. The normalized spacial score (nSPS) is 12.8. The summed E-state index contributed by atoms with van der Waals surface area (Å²) in [4.78, 5) is 11.8. The molecule has 144 valence electrons. The second kappa shape index (κ2) is 9.96. The van der Waals surface area contributed by atoms with E-state index in [1.54, 1.807) is 30.3 Å². The molecule has 8 heteroatoms. The molecule has 0 heterocycles. The Bertz CT molecular complexity index is 886. The lowest BCUT2D eigenvalue weighted by molar-refractivity contribution is -0.121. The molecule has 0 saturated carbocycles. The summed E-state index contributed by atoms with van der Waals surface area (Å²) in [6.07, 6.45) is 0.321. The van der Waals surface area contributed by atoms with Crippen LogP contribution < -0.4 is 10.0 Å². The highest BCUT2D eigenvalue weighted by atomic mass is 32.2. The first-order chi connectivity index (χ1) is 12.9. The van der Waals surface area contributed by atoms with Crippen molar-refractivity contribution in [2.45, 2.75) is 12.5 Å².